The summed E-state index contributed by atoms with van der Waals surface area (Å²) in [6.07, 6.45) is 0. The van der Waals surface area contributed by atoms with Gasteiger partial charge in [0.2, 0.25) is 0 Å². The van der Waals surface area contributed by atoms with Crippen LogP contribution in [0.3, 0.4) is 0 Å². The molecule has 120 valence electrons. The molecule has 23 heavy (non-hydrogen) atoms. The molecule has 1 aromatic heterocycles. The average molecular weight is 343 g/mol. The highest BCUT2D eigenvalue weighted by Crippen LogP contribution is 2.32. The highest BCUT2D eigenvalue weighted by Gasteiger charge is 2.48. The van der Waals surface area contributed by atoms with Gasteiger partial charge in [-0.3, -0.25) is 0 Å². The standard InChI is InChI=1S/C14H8F3NO4S/c15-14(16,17)23(19,20)22-10-6-7-11-12(8-10)21-18-13(11)9-4-2-1-3-5-9/h1-8H. The van der Waals surface area contributed by atoms with E-state index >= 15 is 0 Å². The molecule has 0 saturated carbocycles. The molecule has 0 aliphatic heterocycles. The molecule has 0 aliphatic carbocycles. The van der Waals surface area contributed by atoms with Crippen LogP contribution in [0.25, 0.3) is 22.2 Å². The van der Waals surface area contributed by atoms with E-state index in [1.807, 2.05) is 6.07 Å². The molecule has 0 amide bonds. The third-order valence-electron chi connectivity index (χ3n) is 2.98. The number of hydrogen-bond donors (Lipinski definition) is 0. The van der Waals surface area contributed by atoms with Crippen LogP contribution in [0.1, 0.15) is 0 Å². The van der Waals surface area contributed by atoms with Crippen LogP contribution in [0.4, 0.5) is 13.2 Å². The molecule has 0 aliphatic rings. The van der Waals surface area contributed by atoms with Crippen molar-refractivity contribution in [3.8, 4) is 17.0 Å². The van der Waals surface area contributed by atoms with Gasteiger partial charge in [0.05, 0.1) is 0 Å². The number of fused-ring (bicyclic) bond motifs is 1. The summed E-state index contributed by atoms with van der Waals surface area (Å²) in [6.45, 7) is 0. The summed E-state index contributed by atoms with van der Waals surface area (Å²) in [5, 5.41) is 4.37. The molecular weight excluding hydrogens is 335 g/mol. The van der Waals surface area contributed by atoms with Crippen molar-refractivity contribution in [2.24, 2.45) is 0 Å². The highest BCUT2D eigenvalue weighted by atomic mass is 32.2. The quantitative estimate of drug-likeness (QED) is 0.535. The summed E-state index contributed by atoms with van der Waals surface area (Å²) in [5.74, 6) is -0.509. The molecular formula is C14H8F3NO4S. The number of benzene rings is 2. The van der Waals surface area contributed by atoms with E-state index in [2.05, 4.69) is 9.34 Å². The summed E-state index contributed by atoms with van der Waals surface area (Å²) < 4.78 is 68.0. The summed E-state index contributed by atoms with van der Waals surface area (Å²) in [4.78, 5) is 0. The van der Waals surface area contributed by atoms with Crippen molar-refractivity contribution in [2.45, 2.75) is 5.51 Å². The molecule has 2 aromatic carbocycles. The fourth-order valence-corrected chi connectivity index (χ4v) is 2.40. The van der Waals surface area contributed by atoms with Crippen LogP contribution in [0.15, 0.2) is 53.1 Å². The van der Waals surface area contributed by atoms with Crippen LogP contribution in [0.5, 0.6) is 5.75 Å². The molecule has 0 saturated heterocycles. The van der Waals surface area contributed by atoms with Crippen molar-refractivity contribution in [2.75, 3.05) is 0 Å². The Labute approximate surface area is 128 Å². The molecule has 0 unspecified atom stereocenters. The second kappa shape index (κ2) is 5.27. The number of hydrogen-bond acceptors (Lipinski definition) is 5. The zero-order valence-electron chi connectivity index (χ0n) is 11.2. The summed E-state index contributed by atoms with van der Waals surface area (Å²) >= 11 is 0. The van der Waals surface area contributed by atoms with Crippen molar-refractivity contribution in [1.82, 2.24) is 5.16 Å². The van der Waals surface area contributed by atoms with E-state index in [0.29, 0.717) is 11.1 Å². The van der Waals surface area contributed by atoms with Crippen LogP contribution in [-0.2, 0) is 10.1 Å². The van der Waals surface area contributed by atoms with Gasteiger partial charge in [-0.15, -0.1) is 0 Å². The summed E-state index contributed by atoms with van der Waals surface area (Å²) in [7, 11) is -5.73. The molecule has 3 aromatic rings. The Morgan fingerprint density at radius 2 is 1.74 bits per heavy atom. The molecule has 0 bridgehead atoms. The van der Waals surface area contributed by atoms with Gasteiger partial charge < -0.3 is 8.71 Å². The summed E-state index contributed by atoms with van der Waals surface area (Å²) in [5.41, 5.74) is -4.15. The minimum atomic E-state index is -5.73. The Morgan fingerprint density at radius 1 is 1.04 bits per heavy atom. The minimum absolute atomic E-state index is 0.110. The van der Waals surface area contributed by atoms with Gasteiger partial charge in [-0.05, 0) is 12.1 Å². The number of halogens is 3. The van der Waals surface area contributed by atoms with E-state index in [4.69, 9.17) is 4.52 Å². The number of rotatable bonds is 3. The van der Waals surface area contributed by atoms with Crippen LogP contribution < -0.4 is 4.18 Å². The first kappa shape index (κ1) is 15.3. The molecule has 0 radical (unpaired) electrons. The van der Waals surface area contributed by atoms with Crippen molar-refractivity contribution in [3.63, 3.8) is 0 Å². The molecule has 9 heteroatoms. The number of nitrogens with zero attached hydrogens (tertiary/aromatic N) is 1. The molecule has 5 nitrogen and oxygen atoms in total. The van der Waals surface area contributed by atoms with Gasteiger partial charge in [-0.25, -0.2) is 0 Å². The third kappa shape index (κ3) is 2.87. The van der Waals surface area contributed by atoms with Crippen molar-refractivity contribution < 1.29 is 30.3 Å². The monoisotopic (exact) mass is 343 g/mol. The van der Waals surface area contributed by atoms with E-state index in [1.54, 1.807) is 24.3 Å². The van der Waals surface area contributed by atoms with E-state index in [9.17, 15) is 21.6 Å². The molecule has 0 N–H and O–H groups in total. The maximum atomic E-state index is 12.3. The van der Waals surface area contributed by atoms with Gasteiger partial charge in [0.25, 0.3) is 0 Å². The van der Waals surface area contributed by atoms with Crippen LogP contribution in [0.2, 0.25) is 0 Å². The van der Waals surface area contributed by atoms with Gasteiger partial charge >= 0.3 is 15.6 Å². The largest absolute Gasteiger partial charge is 0.534 e. The minimum Gasteiger partial charge on any atom is -0.376 e. The Bertz CT molecular complexity index is 949. The molecule has 0 spiro atoms. The maximum Gasteiger partial charge on any atom is 0.534 e. The lowest BCUT2D eigenvalue weighted by Crippen LogP contribution is -2.28. The summed E-state index contributed by atoms with van der Waals surface area (Å²) in [6, 6.07) is 12.5. The van der Waals surface area contributed by atoms with Gasteiger partial charge in [-0.2, -0.15) is 21.6 Å². The van der Waals surface area contributed by atoms with E-state index in [0.717, 1.165) is 17.7 Å². The first-order valence-electron chi connectivity index (χ1n) is 6.23. The number of alkyl halides is 3. The second-order valence-corrected chi connectivity index (χ2v) is 6.08. The third-order valence-corrected chi connectivity index (χ3v) is 3.96. The van der Waals surface area contributed by atoms with E-state index in [1.165, 1.54) is 6.07 Å². The maximum absolute atomic E-state index is 12.3. The molecule has 1 heterocycles. The Balaban J connectivity index is 1.99. The van der Waals surface area contributed by atoms with Gasteiger partial charge in [0, 0.05) is 17.0 Å². The first-order valence-corrected chi connectivity index (χ1v) is 7.64. The highest BCUT2D eigenvalue weighted by molar-refractivity contribution is 7.88. The Kier molecular flexibility index (Phi) is 3.52. The predicted molar refractivity (Wildman–Crippen MR) is 75.0 cm³/mol. The smallest absolute Gasteiger partial charge is 0.376 e. The lowest BCUT2D eigenvalue weighted by Gasteiger charge is -2.08. The second-order valence-electron chi connectivity index (χ2n) is 4.54. The average Bonchev–Trinajstić information content (AvgIpc) is 2.89. The Morgan fingerprint density at radius 3 is 2.39 bits per heavy atom. The lowest BCUT2D eigenvalue weighted by molar-refractivity contribution is -0.0500. The predicted octanol–water partition coefficient (Wildman–Crippen LogP) is 3.72. The molecule has 0 fully saturated rings. The Hall–Kier alpha value is -2.55. The normalized spacial score (nSPS) is 12.5. The topological polar surface area (TPSA) is 69.4 Å². The van der Waals surface area contributed by atoms with Gasteiger partial charge in [0.15, 0.2) is 5.58 Å². The van der Waals surface area contributed by atoms with Gasteiger partial charge in [0.1, 0.15) is 11.4 Å². The zero-order chi connectivity index (χ0) is 16.7. The fourth-order valence-electron chi connectivity index (χ4n) is 1.95. The van der Waals surface area contributed by atoms with Crippen LogP contribution in [-0.4, -0.2) is 19.1 Å². The van der Waals surface area contributed by atoms with E-state index in [-0.39, 0.29) is 5.58 Å². The van der Waals surface area contributed by atoms with Crippen LogP contribution >= 0.6 is 0 Å². The van der Waals surface area contributed by atoms with Crippen LogP contribution in [0, 0.1) is 0 Å². The van der Waals surface area contributed by atoms with Crippen molar-refractivity contribution in [1.29, 1.82) is 0 Å². The molecule has 3 rings (SSSR count). The van der Waals surface area contributed by atoms with Gasteiger partial charge in [-0.1, -0.05) is 35.5 Å². The molecule has 0 atom stereocenters. The van der Waals surface area contributed by atoms with Crippen molar-refractivity contribution >= 4 is 21.1 Å². The first-order chi connectivity index (χ1) is 10.8. The number of aromatic nitrogens is 1. The zero-order valence-corrected chi connectivity index (χ0v) is 12.1. The SMILES string of the molecule is O=S(=O)(Oc1ccc2c(-c3ccccc3)noc2c1)C(F)(F)F. The van der Waals surface area contributed by atoms with E-state index < -0.39 is 21.4 Å². The van der Waals surface area contributed by atoms with Crippen molar-refractivity contribution in [3.05, 3.63) is 48.5 Å². The fraction of sp³-hybridized carbons (Fsp3) is 0.0714. The lowest BCUT2D eigenvalue weighted by atomic mass is 10.1.